The molecule has 3 rings (SSSR count). The van der Waals surface area contributed by atoms with Gasteiger partial charge in [-0.1, -0.05) is 48.0 Å². The van der Waals surface area contributed by atoms with E-state index < -0.39 is 0 Å². The highest BCUT2D eigenvalue weighted by molar-refractivity contribution is 6.31. The summed E-state index contributed by atoms with van der Waals surface area (Å²) in [5.74, 6) is -0.367. The summed E-state index contributed by atoms with van der Waals surface area (Å²) in [6.07, 6.45) is 0. The molecule has 5 heteroatoms. The molecule has 0 radical (unpaired) electrons. The van der Waals surface area contributed by atoms with Crippen LogP contribution in [0.3, 0.4) is 0 Å². The molecule has 0 bridgehead atoms. The molecular weight excluding hydrogens is 324 g/mol. The molecular formula is C19H17ClN2O2. The molecule has 0 N–H and O–H groups in total. The number of carbonyl (C=O) groups excluding carboxylic acids is 1. The van der Waals surface area contributed by atoms with Crippen molar-refractivity contribution in [1.29, 1.82) is 0 Å². The lowest BCUT2D eigenvalue weighted by Crippen LogP contribution is -2.07. The second-order valence-electron chi connectivity index (χ2n) is 5.51. The van der Waals surface area contributed by atoms with E-state index in [1.165, 1.54) is 0 Å². The Morgan fingerprint density at radius 3 is 2.54 bits per heavy atom. The van der Waals surface area contributed by atoms with Crippen LogP contribution in [0.25, 0.3) is 5.69 Å². The van der Waals surface area contributed by atoms with Crippen molar-refractivity contribution in [2.45, 2.75) is 20.5 Å². The average Bonchev–Trinajstić information content (AvgIpc) is 2.88. The number of carbonyl (C=O) groups is 1. The number of nitrogens with zero attached hydrogens (tertiary/aromatic N) is 2. The van der Waals surface area contributed by atoms with Crippen molar-refractivity contribution in [1.82, 2.24) is 9.78 Å². The van der Waals surface area contributed by atoms with Gasteiger partial charge in [-0.15, -0.1) is 0 Å². The van der Waals surface area contributed by atoms with Crippen LogP contribution in [0.4, 0.5) is 0 Å². The predicted octanol–water partition coefficient (Wildman–Crippen LogP) is 4.50. The molecule has 4 nitrogen and oxygen atoms in total. The summed E-state index contributed by atoms with van der Waals surface area (Å²) in [7, 11) is 0. The standard InChI is InChI=1S/C19H17ClN2O2/c1-13-18(20)14(2)22(21-13)17-10-6-9-16(11-17)19(23)24-12-15-7-4-3-5-8-15/h3-11H,12H2,1-2H3. The smallest absolute Gasteiger partial charge is 0.338 e. The van der Waals surface area contributed by atoms with Crippen molar-refractivity contribution < 1.29 is 9.53 Å². The molecule has 3 aromatic rings. The Labute approximate surface area is 145 Å². The van der Waals surface area contributed by atoms with Crippen LogP contribution < -0.4 is 0 Å². The molecule has 24 heavy (non-hydrogen) atoms. The fraction of sp³-hybridized carbons (Fsp3) is 0.158. The van der Waals surface area contributed by atoms with Crippen molar-refractivity contribution in [3.8, 4) is 5.69 Å². The second-order valence-corrected chi connectivity index (χ2v) is 5.89. The Hall–Kier alpha value is -2.59. The number of rotatable bonds is 4. The SMILES string of the molecule is Cc1nn(-c2cccc(C(=O)OCc3ccccc3)c2)c(C)c1Cl. The Morgan fingerprint density at radius 1 is 1.12 bits per heavy atom. The lowest BCUT2D eigenvalue weighted by atomic mass is 10.2. The van der Waals surface area contributed by atoms with Gasteiger partial charge in [-0.25, -0.2) is 9.48 Å². The Kier molecular flexibility index (Phi) is 4.67. The summed E-state index contributed by atoms with van der Waals surface area (Å²) in [6.45, 7) is 3.99. The fourth-order valence-electron chi connectivity index (χ4n) is 2.45. The molecule has 122 valence electrons. The van der Waals surface area contributed by atoms with Gasteiger partial charge in [-0.05, 0) is 37.6 Å². The van der Waals surface area contributed by atoms with Crippen molar-refractivity contribution >= 4 is 17.6 Å². The molecule has 0 aliphatic carbocycles. The van der Waals surface area contributed by atoms with Crippen LogP contribution in [0.1, 0.15) is 27.3 Å². The lowest BCUT2D eigenvalue weighted by Gasteiger charge is -2.08. The summed E-state index contributed by atoms with van der Waals surface area (Å²) in [5, 5.41) is 5.04. The van der Waals surface area contributed by atoms with Crippen molar-refractivity contribution in [2.24, 2.45) is 0 Å². The fourth-order valence-corrected chi connectivity index (χ4v) is 2.56. The zero-order valence-electron chi connectivity index (χ0n) is 13.5. The first-order valence-corrected chi connectivity index (χ1v) is 7.97. The van der Waals surface area contributed by atoms with E-state index in [2.05, 4.69) is 5.10 Å². The number of hydrogen-bond acceptors (Lipinski definition) is 3. The van der Waals surface area contributed by atoms with Crippen LogP contribution in [-0.4, -0.2) is 15.7 Å². The van der Waals surface area contributed by atoms with Crippen LogP contribution in [0.2, 0.25) is 5.02 Å². The maximum atomic E-state index is 12.3. The van der Waals surface area contributed by atoms with Gasteiger partial charge < -0.3 is 4.74 Å². The normalized spacial score (nSPS) is 10.6. The van der Waals surface area contributed by atoms with Crippen molar-refractivity contribution in [2.75, 3.05) is 0 Å². The van der Waals surface area contributed by atoms with Gasteiger partial charge in [0, 0.05) is 0 Å². The first kappa shape index (κ1) is 16.3. The Bertz CT molecular complexity index is 872. The van der Waals surface area contributed by atoms with Crippen LogP contribution in [0, 0.1) is 13.8 Å². The first-order chi connectivity index (χ1) is 11.6. The lowest BCUT2D eigenvalue weighted by molar-refractivity contribution is 0.0472. The van der Waals surface area contributed by atoms with Gasteiger partial charge in [0.05, 0.1) is 27.7 Å². The molecule has 0 saturated heterocycles. The maximum absolute atomic E-state index is 12.3. The molecule has 0 unspecified atom stereocenters. The molecule has 0 spiro atoms. The molecule has 2 aromatic carbocycles. The van der Waals surface area contributed by atoms with E-state index in [1.54, 1.807) is 22.9 Å². The summed E-state index contributed by atoms with van der Waals surface area (Å²) >= 11 is 6.19. The molecule has 0 fully saturated rings. The van der Waals surface area contributed by atoms with E-state index >= 15 is 0 Å². The third-order valence-electron chi connectivity index (χ3n) is 3.74. The molecule has 1 aromatic heterocycles. The van der Waals surface area contributed by atoms with E-state index in [0.29, 0.717) is 10.6 Å². The van der Waals surface area contributed by atoms with Crippen LogP contribution >= 0.6 is 11.6 Å². The van der Waals surface area contributed by atoms with Crippen molar-refractivity contribution in [3.05, 3.63) is 82.1 Å². The largest absolute Gasteiger partial charge is 0.457 e. The number of esters is 1. The number of benzene rings is 2. The van der Waals surface area contributed by atoms with E-state index in [1.807, 2.05) is 50.2 Å². The average molecular weight is 341 g/mol. The van der Waals surface area contributed by atoms with Crippen molar-refractivity contribution in [3.63, 3.8) is 0 Å². The number of aryl methyl sites for hydroxylation is 1. The van der Waals surface area contributed by atoms with Gasteiger partial charge >= 0.3 is 5.97 Å². The van der Waals surface area contributed by atoms with E-state index in [0.717, 1.165) is 22.6 Å². The quantitative estimate of drug-likeness (QED) is 0.657. The predicted molar refractivity (Wildman–Crippen MR) is 93.6 cm³/mol. The minimum atomic E-state index is -0.367. The minimum Gasteiger partial charge on any atom is -0.457 e. The second kappa shape index (κ2) is 6.89. The number of aromatic nitrogens is 2. The molecule has 0 saturated carbocycles. The summed E-state index contributed by atoms with van der Waals surface area (Å²) in [4.78, 5) is 12.3. The highest BCUT2D eigenvalue weighted by Gasteiger charge is 2.13. The summed E-state index contributed by atoms with van der Waals surface area (Å²) in [5.41, 5.74) is 3.80. The van der Waals surface area contributed by atoms with Gasteiger partial charge in [0.15, 0.2) is 0 Å². The molecule has 0 aliphatic heterocycles. The number of halogens is 1. The minimum absolute atomic E-state index is 0.246. The highest BCUT2D eigenvalue weighted by atomic mass is 35.5. The van der Waals surface area contributed by atoms with E-state index in [4.69, 9.17) is 16.3 Å². The number of ether oxygens (including phenoxy) is 1. The topological polar surface area (TPSA) is 44.1 Å². The monoisotopic (exact) mass is 340 g/mol. The van der Waals surface area contributed by atoms with E-state index in [-0.39, 0.29) is 12.6 Å². The van der Waals surface area contributed by atoms with Gasteiger partial charge in [0.1, 0.15) is 6.61 Å². The van der Waals surface area contributed by atoms with Gasteiger partial charge in [0.25, 0.3) is 0 Å². The summed E-state index contributed by atoms with van der Waals surface area (Å²) < 4.78 is 7.10. The third-order valence-corrected chi connectivity index (χ3v) is 4.29. The van der Waals surface area contributed by atoms with Gasteiger partial charge in [0.2, 0.25) is 0 Å². The van der Waals surface area contributed by atoms with Crippen LogP contribution in [-0.2, 0) is 11.3 Å². The molecule has 1 heterocycles. The first-order valence-electron chi connectivity index (χ1n) is 7.59. The molecule has 0 atom stereocenters. The van der Waals surface area contributed by atoms with Crippen LogP contribution in [0.15, 0.2) is 54.6 Å². The Morgan fingerprint density at radius 2 is 1.88 bits per heavy atom. The zero-order valence-corrected chi connectivity index (χ0v) is 14.2. The third kappa shape index (κ3) is 3.34. The zero-order chi connectivity index (χ0) is 17.1. The van der Waals surface area contributed by atoms with Gasteiger partial charge in [-0.2, -0.15) is 5.10 Å². The Balaban J connectivity index is 1.80. The number of hydrogen-bond donors (Lipinski definition) is 0. The van der Waals surface area contributed by atoms with Crippen LogP contribution in [0.5, 0.6) is 0 Å². The summed E-state index contributed by atoms with van der Waals surface area (Å²) in [6, 6.07) is 16.7. The van der Waals surface area contributed by atoms with E-state index in [9.17, 15) is 4.79 Å². The van der Waals surface area contributed by atoms with Gasteiger partial charge in [-0.3, -0.25) is 0 Å². The highest BCUT2D eigenvalue weighted by Crippen LogP contribution is 2.23. The maximum Gasteiger partial charge on any atom is 0.338 e. The molecule has 0 amide bonds. The molecule has 0 aliphatic rings.